The Labute approximate surface area is 95.6 Å². The van der Waals surface area contributed by atoms with Gasteiger partial charge in [0, 0.05) is 8.95 Å². The van der Waals surface area contributed by atoms with Crippen molar-refractivity contribution in [1.29, 1.82) is 0 Å². The summed E-state index contributed by atoms with van der Waals surface area (Å²) in [7, 11) is -2.92. The number of benzene rings is 1. The Balaban J connectivity index is 3.38. The first-order valence-electron chi connectivity index (χ1n) is 5.74. The number of carbonyl (C=O) groups is 1. The molecule has 12 heavy (non-hydrogen) atoms. The molecule has 4 heteroatoms. The van der Waals surface area contributed by atoms with Crippen molar-refractivity contribution in [3.8, 4) is 0 Å². The van der Waals surface area contributed by atoms with Gasteiger partial charge in [-0.2, -0.15) is 0 Å². The first-order valence-corrected chi connectivity index (χ1v) is 4.33. The monoisotopic (exact) mass is 298 g/mol. The minimum absolute atomic E-state index is 0.0929. The summed E-state index contributed by atoms with van der Waals surface area (Å²) in [4.78, 5) is 11.6. The molecule has 1 aromatic rings. The minimum atomic E-state index is -2.92. The number of hydrogen-bond donors (Lipinski definition) is 0. The minimum Gasteiger partial charge on any atom is -0.465 e. The smallest absolute Gasteiger partial charge is 0.340 e. The summed E-state index contributed by atoms with van der Waals surface area (Å²) in [5, 5.41) is 0. The van der Waals surface area contributed by atoms with E-state index in [-0.39, 0.29) is 32.6 Å². The van der Waals surface area contributed by atoms with Crippen LogP contribution >= 0.6 is 31.9 Å². The predicted octanol–water partition coefficient (Wildman–Crippen LogP) is 3.00. The number of ether oxygens (including phenoxy) is 1. The molecule has 1 rings (SSSR count). The highest BCUT2D eigenvalue weighted by Gasteiger charge is 2.13. The summed E-state index contributed by atoms with van der Waals surface area (Å²) < 4.78 is 47.0. The lowest BCUT2D eigenvalue weighted by atomic mass is 10.2. The third-order valence-electron chi connectivity index (χ3n) is 1.08. The Morgan fingerprint density at radius 1 is 1.58 bits per heavy atom. The Morgan fingerprint density at radius 3 is 2.67 bits per heavy atom. The highest BCUT2D eigenvalue weighted by Crippen LogP contribution is 2.25. The van der Waals surface area contributed by atoms with Crippen molar-refractivity contribution in [1.82, 2.24) is 0 Å². The molecule has 64 valence electrons. The van der Waals surface area contributed by atoms with Gasteiger partial charge in [-0.25, -0.2) is 4.79 Å². The zero-order valence-electron chi connectivity index (χ0n) is 11.6. The molecule has 0 bridgehead atoms. The molecule has 0 saturated heterocycles. The zero-order valence-corrected chi connectivity index (χ0v) is 8.74. The standard InChI is InChI=1S/C8H6Br2O2/c1-12-8(11)7-5(9)3-2-4-6(7)10/h2-4H,1H3/i1D3,2D,3D,4D. The molecule has 2 nitrogen and oxygen atoms in total. The highest BCUT2D eigenvalue weighted by molar-refractivity contribution is 9.11. The molecule has 0 heterocycles. The van der Waals surface area contributed by atoms with Gasteiger partial charge in [-0.05, 0) is 43.9 Å². The normalized spacial score (nSPS) is 17.8. The van der Waals surface area contributed by atoms with Crippen molar-refractivity contribution < 1.29 is 17.8 Å². The Kier molecular flexibility index (Phi) is 1.43. The van der Waals surface area contributed by atoms with Crippen molar-refractivity contribution >= 4 is 37.8 Å². The van der Waals surface area contributed by atoms with Crippen molar-refractivity contribution in [2.24, 2.45) is 0 Å². The summed E-state index contributed by atoms with van der Waals surface area (Å²) in [5.41, 5.74) is -0.294. The molecule has 0 aliphatic heterocycles. The van der Waals surface area contributed by atoms with Crippen LogP contribution in [0.3, 0.4) is 0 Å². The molecule has 0 saturated carbocycles. The van der Waals surface area contributed by atoms with Gasteiger partial charge in [0.1, 0.15) is 0 Å². The number of esters is 1. The summed E-state index contributed by atoms with van der Waals surface area (Å²) in [6.45, 7) is 0. The molecule has 0 unspecified atom stereocenters. The van der Waals surface area contributed by atoms with Gasteiger partial charge in [0.25, 0.3) is 0 Å². The van der Waals surface area contributed by atoms with Crippen LogP contribution in [-0.4, -0.2) is 13.0 Å². The fourth-order valence-electron chi connectivity index (χ4n) is 0.593. The third kappa shape index (κ3) is 1.87. The molecular formula is C8H6Br2O2. The van der Waals surface area contributed by atoms with Crippen LogP contribution in [0.4, 0.5) is 0 Å². The van der Waals surface area contributed by atoms with Crippen LogP contribution in [0.5, 0.6) is 0 Å². The van der Waals surface area contributed by atoms with Crippen molar-refractivity contribution in [2.75, 3.05) is 7.04 Å². The van der Waals surface area contributed by atoms with E-state index in [4.69, 9.17) is 8.22 Å². The van der Waals surface area contributed by atoms with Crippen LogP contribution in [0.1, 0.15) is 18.6 Å². The van der Waals surface area contributed by atoms with Crippen molar-refractivity contribution in [3.63, 3.8) is 0 Å². The summed E-state index contributed by atoms with van der Waals surface area (Å²) >= 11 is 5.84. The molecule has 0 atom stereocenters. The molecule has 0 N–H and O–H groups in total. The number of methoxy groups -OCH3 is 1. The van der Waals surface area contributed by atoms with Gasteiger partial charge >= 0.3 is 5.97 Å². The molecule has 0 radical (unpaired) electrons. The van der Waals surface area contributed by atoms with Gasteiger partial charge in [-0.15, -0.1) is 0 Å². The van der Waals surface area contributed by atoms with E-state index >= 15 is 0 Å². The van der Waals surface area contributed by atoms with E-state index in [1.54, 1.807) is 0 Å². The van der Waals surface area contributed by atoms with E-state index < -0.39 is 13.0 Å². The van der Waals surface area contributed by atoms with Crippen LogP contribution in [0.2, 0.25) is 0 Å². The third-order valence-corrected chi connectivity index (χ3v) is 2.27. The van der Waals surface area contributed by atoms with Gasteiger partial charge in [-0.1, -0.05) is 6.04 Å². The molecule has 1 aromatic carbocycles. The van der Waals surface area contributed by atoms with Crippen LogP contribution in [0.15, 0.2) is 27.1 Å². The van der Waals surface area contributed by atoms with Gasteiger partial charge in [0.15, 0.2) is 0 Å². The first kappa shape index (κ1) is 4.24. The molecular weight excluding hydrogens is 288 g/mol. The average Bonchev–Trinajstić information content (AvgIpc) is 2.21. The topological polar surface area (TPSA) is 26.3 Å². The fraction of sp³-hybridized carbons (Fsp3) is 0.125. The average molecular weight is 300 g/mol. The Hall–Kier alpha value is -0.350. The Morgan fingerprint density at radius 2 is 2.17 bits per heavy atom. The summed E-state index contributed by atoms with van der Waals surface area (Å²) in [6.07, 6.45) is 0. The van der Waals surface area contributed by atoms with Crippen LogP contribution in [-0.2, 0) is 4.74 Å². The molecule has 0 aliphatic carbocycles. The zero-order chi connectivity index (χ0) is 14.2. The lowest BCUT2D eigenvalue weighted by Gasteiger charge is -2.03. The SMILES string of the molecule is [2H]c1c([2H])c(Br)c(C(=O)OC([2H])([2H])[2H])c(Br)c1[2H]. The molecule has 0 spiro atoms. The van der Waals surface area contributed by atoms with Crippen LogP contribution in [0, 0.1) is 0 Å². The maximum Gasteiger partial charge on any atom is 0.340 e. The second kappa shape index (κ2) is 4.05. The van der Waals surface area contributed by atoms with Gasteiger partial charge in [-0.3, -0.25) is 0 Å². The second-order valence-corrected chi connectivity index (χ2v) is 3.35. The van der Waals surface area contributed by atoms with Gasteiger partial charge in [0.05, 0.1) is 20.8 Å². The summed E-state index contributed by atoms with van der Waals surface area (Å²) in [6, 6.07) is -1.17. The lowest BCUT2D eigenvalue weighted by molar-refractivity contribution is 0.0598. The maximum atomic E-state index is 11.6. The highest BCUT2D eigenvalue weighted by atomic mass is 79.9. The van der Waals surface area contributed by atoms with Crippen LogP contribution < -0.4 is 0 Å². The van der Waals surface area contributed by atoms with E-state index in [1.165, 1.54) is 0 Å². The largest absolute Gasteiger partial charge is 0.465 e. The van der Waals surface area contributed by atoms with E-state index in [1.807, 2.05) is 0 Å². The first-order chi connectivity index (χ1) is 8.06. The Bertz CT molecular complexity index is 484. The molecule has 0 aromatic heterocycles. The van der Waals surface area contributed by atoms with Gasteiger partial charge in [0.2, 0.25) is 0 Å². The molecule has 0 aliphatic rings. The van der Waals surface area contributed by atoms with E-state index in [9.17, 15) is 4.79 Å². The number of halogens is 2. The van der Waals surface area contributed by atoms with E-state index in [2.05, 4.69) is 36.6 Å². The lowest BCUT2D eigenvalue weighted by Crippen LogP contribution is -2.02. The van der Waals surface area contributed by atoms with E-state index in [0.29, 0.717) is 0 Å². The van der Waals surface area contributed by atoms with Crippen molar-refractivity contribution in [2.45, 2.75) is 0 Å². The van der Waals surface area contributed by atoms with Gasteiger partial charge < -0.3 is 4.74 Å². The second-order valence-electron chi connectivity index (χ2n) is 1.77. The van der Waals surface area contributed by atoms with E-state index in [0.717, 1.165) is 0 Å². The fourth-order valence-corrected chi connectivity index (χ4v) is 1.78. The predicted molar refractivity (Wildman–Crippen MR) is 53.2 cm³/mol. The van der Waals surface area contributed by atoms with Crippen LogP contribution in [0.25, 0.3) is 0 Å². The number of carbonyl (C=O) groups excluding carboxylic acids is 1. The summed E-state index contributed by atoms with van der Waals surface area (Å²) in [5.74, 6) is -1.20. The number of rotatable bonds is 1. The molecule has 0 fully saturated rings. The molecule has 0 amide bonds. The number of hydrogen-bond acceptors (Lipinski definition) is 2. The maximum absolute atomic E-state index is 11.6. The van der Waals surface area contributed by atoms with Crippen molar-refractivity contribution in [3.05, 3.63) is 32.6 Å². The quantitative estimate of drug-likeness (QED) is 0.745.